The molecule has 4 aromatic rings. The number of rotatable bonds is 8. The van der Waals surface area contributed by atoms with Gasteiger partial charge in [0.05, 0.1) is 17.6 Å². The van der Waals surface area contributed by atoms with Gasteiger partial charge in [-0.2, -0.15) is 0 Å². The van der Waals surface area contributed by atoms with Crippen LogP contribution in [0.3, 0.4) is 0 Å². The van der Waals surface area contributed by atoms with Crippen LogP contribution in [0.1, 0.15) is 42.6 Å². The van der Waals surface area contributed by atoms with E-state index in [1.165, 1.54) is 0 Å². The summed E-state index contributed by atoms with van der Waals surface area (Å²) >= 11 is 0. The van der Waals surface area contributed by atoms with E-state index in [1.54, 1.807) is 24.4 Å². The summed E-state index contributed by atoms with van der Waals surface area (Å²) in [5.74, 6) is 1.23. The predicted molar refractivity (Wildman–Crippen MR) is 138 cm³/mol. The van der Waals surface area contributed by atoms with E-state index in [0.717, 1.165) is 53.2 Å². The first-order valence-electron chi connectivity index (χ1n) is 12.0. The molecule has 35 heavy (non-hydrogen) atoms. The molecule has 5 rings (SSSR count). The van der Waals surface area contributed by atoms with E-state index in [-0.39, 0.29) is 11.7 Å². The number of amides is 1. The summed E-state index contributed by atoms with van der Waals surface area (Å²) in [4.78, 5) is 17.2. The van der Waals surface area contributed by atoms with Crippen molar-refractivity contribution < 1.29 is 9.90 Å². The van der Waals surface area contributed by atoms with Crippen molar-refractivity contribution in [2.24, 2.45) is 5.92 Å². The Balaban J connectivity index is 1.53. The highest BCUT2D eigenvalue weighted by molar-refractivity contribution is 5.96. The molecule has 0 bridgehead atoms. The molecule has 1 amide bonds. The Labute approximate surface area is 204 Å². The molecule has 1 saturated carbocycles. The first kappa shape index (κ1) is 22.7. The van der Waals surface area contributed by atoms with Crippen LogP contribution in [-0.4, -0.2) is 38.2 Å². The smallest absolute Gasteiger partial charge is 0.251 e. The molecule has 0 aliphatic heterocycles. The van der Waals surface area contributed by atoms with E-state index < -0.39 is 0 Å². The molecule has 2 aromatic carbocycles. The minimum Gasteiger partial charge on any atom is -0.508 e. The summed E-state index contributed by atoms with van der Waals surface area (Å²) in [6.07, 6.45) is 3.92. The average molecular weight is 471 g/mol. The van der Waals surface area contributed by atoms with Gasteiger partial charge < -0.3 is 21.1 Å². The van der Waals surface area contributed by atoms with Gasteiger partial charge in [0.1, 0.15) is 5.75 Å². The highest BCUT2D eigenvalue weighted by atomic mass is 16.3. The number of nitrogens with zero attached hydrogens (tertiary/aromatic N) is 3. The summed E-state index contributed by atoms with van der Waals surface area (Å²) in [5.41, 5.74) is 5.65. The van der Waals surface area contributed by atoms with Crippen LogP contribution < -0.4 is 16.0 Å². The van der Waals surface area contributed by atoms with Gasteiger partial charge in [0.25, 0.3) is 5.91 Å². The van der Waals surface area contributed by atoms with E-state index in [4.69, 9.17) is 5.10 Å². The second kappa shape index (κ2) is 9.29. The van der Waals surface area contributed by atoms with Crippen LogP contribution in [0.2, 0.25) is 0 Å². The number of anilines is 3. The number of nitrogens with one attached hydrogen (secondary N) is 3. The fourth-order valence-electron chi connectivity index (χ4n) is 3.97. The van der Waals surface area contributed by atoms with Crippen molar-refractivity contribution in [3.8, 4) is 17.0 Å². The lowest BCUT2D eigenvalue weighted by Gasteiger charge is -2.14. The Morgan fingerprint density at radius 3 is 2.71 bits per heavy atom. The number of benzene rings is 2. The van der Waals surface area contributed by atoms with Gasteiger partial charge in [0, 0.05) is 41.5 Å². The highest BCUT2D eigenvalue weighted by Gasteiger charge is 2.24. The van der Waals surface area contributed by atoms with Crippen molar-refractivity contribution in [2.75, 3.05) is 17.2 Å². The molecule has 180 valence electrons. The fourth-order valence-corrected chi connectivity index (χ4v) is 3.97. The largest absolute Gasteiger partial charge is 0.508 e. The lowest BCUT2D eigenvalue weighted by atomic mass is 10.0. The SMILES string of the molecule is Cc1cc(-c2cnc3c(NCC(C)C)cc(Nc4cccc(O)c4)nn23)ccc1C(=O)NC1CC1. The second-order valence-corrected chi connectivity index (χ2v) is 9.55. The number of aromatic hydroxyl groups is 1. The third kappa shape index (κ3) is 5.06. The van der Waals surface area contributed by atoms with Crippen LogP contribution in [0, 0.1) is 12.8 Å². The Morgan fingerprint density at radius 2 is 2.00 bits per heavy atom. The van der Waals surface area contributed by atoms with Crippen LogP contribution in [0.5, 0.6) is 5.75 Å². The minimum absolute atomic E-state index is 0.0226. The molecule has 2 heterocycles. The monoisotopic (exact) mass is 470 g/mol. The van der Waals surface area contributed by atoms with Crippen LogP contribution in [0.25, 0.3) is 16.9 Å². The maximum atomic E-state index is 12.6. The number of carbonyl (C=O) groups excluding carboxylic acids is 1. The summed E-state index contributed by atoms with van der Waals surface area (Å²) in [7, 11) is 0. The van der Waals surface area contributed by atoms with Crippen molar-refractivity contribution in [1.82, 2.24) is 19.9 Å². The first-order valence-corrected chi connectivity index (χ1v) is 12.0. The van der Waals surface area contributed by atoms with Gasteiger partial charge in [-0.1, -0.05) is 26.0 Å². The predicted octanol–water partition coefficient (Wildman–Crippen LogP) is 5.11. The van der Waals surface area contributed by atoms with E-state index in [9.17, 15) is 9.90 Å². The molecule has 1 aliphatic rings. The molecule has 0 radical (unpaired) electrons. The number of hydrogen-bond acceptors (Lipinski definition) is 6. The zero-order valence-corrected chi connectivity index (χ0v) is 20.2. The number of phenolic OH excluding ortho intramolecular Hbond substituents is 1. The minimum atomic E-state index is -0.0226. The molecular weight excluding hydrogens is 440 g/mol. The molecule has 0 spiro atoms. The Hall–Kier alpha value is -4.07. The number of carbonyl (C=O) groups is 1. The van der Waals surface area contributed by atoms with E-state index in [1.807, 2.05) is 41.8 Å². The molecule has 1 aliphatic carbocycles. The van der Waals surface area contributed by atoms with Crippen molar-refractivity contribution in [2.45, 2.75) is 39.7 Å². The summed E-state index contributed by atoms with van der Waals surface area (Å²) in [6, 6.07) is 15.0. The summed E-state index contributed by atoms with van der Waals surface area (Å²) < 4.78 is 1.81. The molecule has 1 fully saturated rings. The van der Waals surface area contributed by atoms with Crippen molar-refractivity contribution in [3.05, 3.63) is 65.9 Å². The standard InChI is InChI=1S/C27H30N6O2/c1-16(2)14-28-23-13-25(30-20-5-4-6-21(34)12-20)32-33-24(15-29-26(23)33)18-7-10-22(17(3)11-18)27(35)31-19-8-9-19/h4-7,10-13,15-16,19,28,34H,8-9,14H2,1-3H3,(H,30,32)(H,31,35). The van der Waals surface area contributed by atoms with Gasteiger partial charge in [-0.25, -0.2) is 9.50 Å². The zero-order chi connectivity index (χ0) is 24.5. The lowest BCUT2D eigenvalue weighted by molar-refractivity contribution is 0.0950. The molecule has 2 aromatic heterocycles. The number of hydrogen-bond donors (Lipinski definition) is 4. The Bertz CT molecular complexity index is 1390. The van der Waals surface area contributed by atoms with Gasteiger partial charge >= 0.3 is 0 Å². The van der Waals surface area contributed by atoms with Gasteiger partial charge in [-0.3, -0.25) is 4.79 Å². The molecule has 0 atom stereocenters. The van der Waals surface area contributed by atoms with E-state index in [0.29, 0.717) is 23.3 Å². The maximum absolute atomic E-state index is 12.6. The molecule has 4 N–H and O–H groups in total. The lowest BCUT2D eigenvalue weighted by Crippen LogP contribution is -2.26. The van der Waals surface area contributed by atoms with Crippen molar-refractivity contribution in [3.63, 3.8) is 0 Å². The number of aryl methyl sites for hydroxylation is 1. The molecule has 0 unspecified atom stereocenters. The van der Waals surface area contributed by atoms with Crippen LogP contribution in [0.4, 0.5) is 17.2 Å². The van der Waals surface area contributed by atoms with Crippen molar-refractivity contribution in [1.29, 1.82) is 0 Å². The van der Waals surface area contributed by atoms with Gasteiger partial charge in [-0.05, 0) is 55.5 Å². The third-order valence-electron chi connectivity index (χ3n) is 5.97. The Kier molecular flexibility index (Phi) is 6.03. The van der Waals surface area contributed by atoms with Crippen LogP contribution in [0.15, 0.2) is 54.7 Å². The molecule has 8 nitrogen and oxygen atoms in total. The summed E-state index contributed by atoms with van der Waals surface area (Å²) in [6.45, 7) is 7.04. The number of fused-ring (bicyclic) bond motifs is 1. The molecule has 8 heteroatoms. The van der Waals surface area contributed by atoms with E-state index in [2.05, 4.69) is 34.8 Å². The quantitative estimate of drug-likeness (QED) is 0.285. The topological polar surface area (TPSA) is 104 Å². The highest BCUT2D eigenvalue weighted by Crippen LogP contribution is 2.29. The first-order chi connectivity index (χ1) is 16.9. The second-order valence-electron chi connectivity index (χ2n) is 9.55. The van der Waals surface area contributed by atoms with Crippen molar-refractivity contribution >= 4 is 28.7 Å². The van der Waals surface area contributed by atoms with Gasteiger partial charge in [0.15, 0.2) is 11.5 Å². The molecular formula is C27H30N6O2. The average Bonchev–Trinajstić information content (AvgIpc) is 3.52. The van der Waals surface area contributed by atoms with Crippen LogP contribution in [-0.2, 0) is 0 Å². The van der Waals surface area contributed by atoms with Gasteiger partial charge in [-0.15, -0.1) is 5.10 Å². The number of aromatic nitrogens is 3. The third-order valence-corrected chi connectivity index (χ3v) is 5.97. The molecule has 0 saturated heterocycles. The van der Waals surface area contributed by atoms with Gasteiger partial charge in [0.2, 0.25) is 0 Å². The normalized spacial score (nSPS) is 13.3. The number of imidazole rings is 1. The zero-order valence-electron chi connectivity index (χ0n) is 20.2. The Morgan fingerprint density at radius 1 is 1.17 bits per heavy atom. The number of phenols is 1. The fraction of sp³-hybridized carbons (Fsp3) is 0.296. The maximum Gasteiger partial charge on any atom is 0.251 e. The van der Waals surface area contributed by atoms with Crippen LogP contribution >= 0.6 is 0 Å². The summed E-state index contributed by atoms with van der Waals surface area (Å²) in [5, 5.41) is 24.5. The van der Waals surface area contributed by atoms with E-state index >= 15 is 0 Å².